The summed E-state index contributed by atoms with van der Waals surface area (Å²) in [4.78, 5) is 16.4. The fourth-order valence-electron chi connectivity index (χ4n) is 2.98. The molecule has 1 amide bonds. The van der Waals surface area contributed by atoms with Gasteiger partial charge in [-0.1, -0.05) is 48.5 Å². The van der Waals surface area contributed by atoms with E-state index in [1.165, 1.54) is 16.9 Å². The predicted octanol–water partition coefficient (Wildman–Crippen LogP) is 4.84. The number of carbonyl (C=O) groups excluding carboxylic acids is 1. The Hall–Kier alpha value is -1.74. The van der Waals surface area contributed by atoms with E-state index in [2.05, 4.69) is 31.2 Å². The second-order valence-electron chi connectivity index (χ2n) is 6.06. The third-order valence-corrected chi connectivity index (χ3v) is 5.75. The number of likely N-dealkylation sites (tertiary alicyclic amines) is 1. The number of benzene rings is 2. The van der Waals surface area contributed by atoms with Crippen LogP contribution in [-0.2, 0) is 4.79 Å². The number of aryl methyl sites for hydroxylation is 1. The monoisotopic (exact) mass is 325 g/mol. The van der Waals surface area contributed by atoms with Gasteiger partial charge in [0, 0.05) is 18.0 Å². The molecule has 0 radical (unpaired) electrons. The highest BCUT2D eigenvalue weighted by atomic mass is 32.2. The minimum absolute atomic E-state index is 0.157. The van der Waals surface area contributed by atoms with Gasteiger partial charge in [-0.05, 0) is 43.4 Å². The molecule has 1 saturated heterocycles. The standard InChI is InChI=1S/C20H23NOS/c1-16-10-6-7-13-18(16)23-19(17-11-4-2-5-12-17)20(22)21-14-8-3-9-15-21/h2,4-7,10-13,19H,3,8-9,14-15H2,1H3. The molecule has 1 unspecified atom stereocenters. The molecule has 1 atom stereocenters. The number of hydrogen-bond acceptors (Lipinski definition) is 2. The lowest BCUT2D eigenvalue weighted by atomic mass is 10.1. The van der Waals surface area contributed by atoms with E-state index in [0.717, 1.165) is 31.5 Å². The first kappa shape index (κ1) is 16.1. The Balaban J connectivity index is 1.87. The highest BCUT2D eigenvalue weighted by Crippen LogP contribution is 2.38. The van der Waals surface area contributed by atoms with Crippen LogP contribution in [0.1, 0.15) is 35.6 Å². The summed E-state index contributed by atoms with van der Waals surface area (Å²) in [7, 11) is 0. The number of piperidine rings is 1. The number of amides is 1. The molecule has 120 valence electrons. The third kappa shape index (κ3) is 3.97. The fraction of sp³-hybridized carbons (Fsp3) is 0.350. The van der Waals surface area contributed by atoms with Crippen LogP contribution in [0.4, 0.5) is 0 Å². The van der Waals surface area contributed by atoms with Crippen molar-refractivity contribution in [2.75, 3.05) is 13.1 Å². The first-order valence-electron chi connectivity index (χ1n) is 8.32. The van der Waals surface area contributed by atoms with Gasteiger partial charge < -0.3 is 4.90 Å². The highest BCUT2D eigenvalue weighted by Gasteiger charge is 2.28. The minimum atomic E-state index is -0.157. The van der Waals surface area contributed by atoms with E-state index in [1.807, 2.05) is 35.2 Å². The quantitative estimate of drug-likeness (QED) is 0.750. The Labute approximate surface area is 142 Å². The molecule has 0 aliphatic carbocycles. The second kappa shape index (κ2) is 7.69. The summed E-state index contributed by atoms with van der Waals surface area (Å²) < 4.78 is 0. The molecule has 0 spiro atoms. The maximum Gasteiger partial charge on any atom is 0.240 e. The van der Waals surface area contributed by atoms with Gasteiger partial charge in [0.05, 0.1) is 0 Å². The Morgan fingerprint density at radius 3 is 2.30 bits per heavy atom. The summed E-state index contributed by atoms with van der Waals surface area (Å²) in [5.41, 5.74) is 2.32. The minimum Gasteiger partial charge on any atom is -0.341 e. The van der Waals surface area contributed by atoms with Gasteiger partial charge in [0.2, 0.25) is 5.91 Å². The zero-order valence-electron chi connectivity index (χ0n) is 13.6. The zero-order valence-corrected chi connectivity index (χ0v) is 14.4. The maximum absolute atomic E-state index is 13.1. The molecule has 0 N–H and O–H groups in total. The molecular formula is C20H23NOS. The molecule has 1 fully saturated rings. The average molecular weight is 325 g/mol. The Bertz CT molecular complexity index is 650. The molecule has 1 heterocycles. The van der Waals surface area contributed by atoms with Gasteiger partial charge in [-0.3, -0.25) is 4.79 Å². The van der Waals surface area contributed by atoms with E-state index in [0.29, 0.717) is 0 Å². The Morgan fingerprint density at radius 1 is 0.957 bits per heavy atom. The molecule has 0 saturated carbocycles. The molecule has 1 aliphatic heterocycles. The first-order valence-corrected chi connectivity index (χ1v) is 9.20. The summed E-state index contributed by atoms with van der Waals surface area (Å²) in [5.74, 6) is 0.254. The van der Waals surface area contributed by atoms with E-state index in [4.69, 9.17) is 0 Å². The molecule has 0 aromatic heterocycles. The lowest BCUT2D eigenvalue weighted by Gasteiger charge is -2.30. The summed E-state index contributed by atoms with van der Waals surface area (Å²) >= 11 is 1.68. The van der Waals surface area contributed by atoms with Gasteiger partial charge in [-0.15, -0.1) is 11.8 Å². The largest absolute Gasteiger partial charge is 0.341 e. The van der Waals surface area contributed by atoms with E-state index < -0.39 is 0 Å². The van der Waals surface area contributed by atoms with Crippen LogP contribution in [0.5, 0.6) is 0 Å². The Kier molecular flexibility index (Phi) is 5.39. The van der Waals surface area contributed by atoms with Gasteiger partial charge >= 0.3 is 0 Å². The summed E-state index contributed by atoms with van der Waals surface area (Å²) in [6, 6.07) is 18.5. The first-order chi connectivity index (χ1) is 11.3. The van der Waals surface area contributed by atoms with Gasteiger partial charge in [0.25, 0.3) is 0 Å². The van der Waals surface area contributed by atoms with E-state index in [1.54, 1.807) is 11.8 Å². The van der Waals surface area contributed by atoms with Crippen molar-refractivity contribution in [1.29, 1.82) is 0 Å². The van der Waals surface area contributed by atoms with Crippen molar-refractivity contribution in [2.24, 2.45) is 0 Å². The summed E-state index contributed by atoms with van der Waals surface area (Å²) in [6.07, 6.45) is 3.50. The summed E-state index contributed by atoms with van der Waals surface area (Å²) in [6.45, 7) is 3.91. The van der Waals surface area contributed by atoms with Gasteiger partial charge in [-0.2, -0.15) is 0 Å². The van der Waals surface area contributed by atoms with Crippen LogP contribution in [0.2, 0.25) is 0 Å². The predicted molar refractivity (Wildman–Crippen MR) is 96.7 cm³/mol. The van der Waals surface area contributed by atoms with Crippen LogP contribution in [0.15, 0.2) is 59.5 Å². The van der Waals surface area contributed by atoms with Crippen molar-refractivity contribution < 1.29 is 4.79 Å². The number of rotatable bonds is 4. The molecule has 0 bridgehead atoms. The van der Waals surface area contributed by atoms with Gasteiger partial charge in [-0.25, -0.2) is 0 Å². The van der Waals surface area contributed by atoms with Crippen LogP contribution in [-0.4, -0.2) is 23.9 Å². The fourth-order valence-corrected chi connectivity index (χ4v) is 4.19. The van der Waals surface area contributed by atoms with Gasteiger partial charge in [0.15, 0.2) is 0 Å². The zero-order chi connectivity index (χ0) is 16.1. The molecule has 2 aromatic carbocycles. The van der Waals surface area contributed by atoms with Crippen molar-refractivity contribution in [3.8, 4) is 0 Å². The van der Waals surface area contributed by atoms with Crippen molar-refractivity contribution in [2.45, 2.75) is 36.3 Å². The van der Waals surface area contributed by atoms with Crippen molar-refractivity contribution in [3.63, 3.8) is 0 Å². The van der Waals surface area contributed by atoms with Crippen LogP contribution in [0.3, 0.4) is 0 Å². The van der Waals surface area contributed by atoms with Crippen LogP contribution in [0.25, 0.3) is 0 Å². The molecule has 3 rings (SSSR count). The lowest BCUT2D eigenvalue weighted by molar-refractivity contribution is -0.131. The van der Waals surface area contributed by atoms with Crippen LogP contribution in [0, 0.1) is 6.92 Å². The van der Waals surface area contributed by atoms with Crippen LogP contribution >= 0.6 is 11.8 Å². The number of carbonyl (C=O) groups is 1. The van der Waals surface area contributed by atoms with E-state index >= 15 is 0 Å². The van der Waals surface area contributed by atoms with E-state index in [9.17, 15) is 4.79 Å². The molecule has 2 aromatic rings. The summed E-state index contributed by atoms with van der Waals surface area (Å²) in [5, 5.41) is -0.157. The SMILES string of the molecule is Cc1ccccc1SC(C(=O)N1CCCCC1)c1ccccc1. The van der Waals surface area contributed by atoms with Crippen molar-refractivity contribution in [1.82, 2.24) is 4.90 Å². The van der Waals surface area contributed by atoms with Crippen molar-refractivity contribution >= 4 is 17.7 Å². The molecule has 1 aliphatic rings. The molecule has 23 heavy (non-hydrogen) atoms. The van der Waals surface area contributed by atoms with Gasteiger partial charge in [0.1, 0.15) is 5.25 Å². The van der Waals surface area contributed by atoms with E-state index in [-0.39, 0.29) is 11.2 Å². The highest BCUT2D eigenvalue weighted by molar-refractivity contribution is 8.00. The molecule has 3 heteroatoms. The van der Waals surface area contributed by atoms with Crippen molar-refractivity contribution in [3.05, 3.63) is 65.7 Å². The molecular weight excluding hydrogens is 302 g/mol. The number of hydrogen-bond donors (Lipinski definition) is 0. The van der Waals surface area contributed by atoms with Crippen LogP contribution < -0.4 is 0 Å². The smallest absolute Gasteiger partial charge is 0.240 e. The molecule has 2 nitrogen and oxygen atoms in total. The maximum atomic E-state index is 13.1. The second-order valence-corrected chi connectivity index (χ2v) is 7.21. The number of thioether (sulfide) groups is 1. The third-order valence-electron chi connectivity index (χ3n) is 4.33. The number of nitrogens with zero attached hydrogens (tertiary/aromatic N) is 1. The average Bonchev–Trinajstić information content (AvgIpc) is 2.62. The topological polar surface area (TPSA) is 20.3 Å². The lowest BCUT2D eigenvalue weighted by Crippen LogP contribution is -2.38. The normalized spacial score (nSPS) is 16.1. The Morgan fingerprint density at radius 2 is 1.61 bits per heavy atom.